The van der Waals surface area contributed by atoms with E-state index in [-0.39, 0.29) is 17.3 Å². The smallest absolute Gasteiger partial charge is 0.272 e. The van der Waals surface area contributed by atoms with Gasteiger partial charge in [-0.15, -0.1) is 0 Å². The van der Waals surface area contributed by atoms with E-state index in [1.54, 1.807) is 39.9 Å². The van der Waals surface area contributed by atoms with Crippen molar-refractivity contribution >= 4 is 23.0 Å². The summed E-state index contributed by atoms with van der Waals surface area (Å²) in [6.07, 6.45) is 0. The number of amides is 1. The lowest BCUT2D eigenvalue weighted by Crippen LogP contribution is -2.49. The molecule has 198 valence electrons. The van der Waals surface area contributed by atoms with Crippen molar-refractivity contribution in [2.24, 2.45) is 0 Å². The predicted octanol–water partition coefficient (Wildman–Crippen LogP) is 4.93. The fourth-order valence-electron chi connectivity index (χ4n) is 4.77. The molecule has 4 aromatic rings. The molecular formula is C28H26N6O5. The Labute approximate surface area is 224 Å². The number of aromatic nitrogens is 2. The van der Waals surface area contributed by atoms with E-state index in [1.807, 2.05) is 32.0 Å². The molecule has 0 aliphatic carbocycles. The normalized spacial score (nSPS) is 13.4. The minimum atomic E-state index is -0.455. The Morgan fingerprint density at radius 2 is 1.38 bits per heavy atom. The number of benzene rings is 3. The molecule has 0 atom stereocenters. The highest BCUT2D eigenvalue weighted by Gasteiger charge is 2.27. The maximum atomic E-state index is 13.8. The van der Waals surface area contributed by atoms with Crippen LogP contribution in [0.5, 0.6) is 0 Å². The third-order valence-corrected chi connectivity index (χ3v) is 6.88. The summed E-state index contributed by atoms with van der Waals surface area (Å²) in [5.41, 5.74) is 5.33. The summed E-state index contributed by atoms with van der Waals surface area (Å²) in [7, 11) is 0. The summed E-state index contributed by atoms with van der Waals surface area (Å²) < 4.78 is 1.65. The largest absolute Gasteiger partial charge is 0.368 e. The first-order valence-corrected chi connectivity index (χ1v) is 12.4. The maximum Gasteiger partial charge on any atom is 0.272 e. The van der Waals surface area contributed by atoms with Gasteiger partial charge in [0.1, 0.15) is 5.69 Å². The van der Waals surface area contributed by atoms with Crippen LogP contribution in [-0.4, -0.2) is 56.6 Å². The van der Waals surface area contributed by atoms with Gasteiger partial charge in [0.15, 0.2) is 0 Å². The van der Waals surface area contributed by atoms with Crippen molar-refractivity contribution in [1.82, 2.24) is 14.7 Å². The van der Waals surface area contributed by atoms with Crippen molar-refractivity contribution in [1.29, 1.82) is 0 Å². The summed E-state index contributed by atoms with van der Waals surface area (Å²) in [6, 6.07) is 20.2. The number of aryl methyl sites for hydroxylation is 2. The molecule has 11 nitrogen and oxygen atoms in total. The second kappa shape index (κ2) is 10.4. The zero-order valence-electron chi connectivity index (χ0n) is 21.5. The highest BCUT2D eigenvalue weighted by molar-refractivity contribution is 5.94. The molecule has 0 spiro atoms. The third kappa shape index (κ3) is 5.19. The zero-order chi connectivity index (χ0) is 27.7. The lowest BCUT2D eigenvalue weighted by atomic mass is 10.1. The molecule has 1 aliphatic heterocycles. The van der Waals surface area contributed by atoms with Gasteiger partial charge >= 0.3 is 0 Å². The summed E-state index contributed by atoms with van der Waals surface area (Å²) in [5, 5.41) is 26.8. The van der Waals surface area contributed by atoms with E-state index in [2.05, 4.69) is 4.90 Å². The van der Waals surface area contributed by atoms with Crippen LogP contribution in [0.1, 0.15) is 21.6 Å². The average Bonchev–Trinajstić information content (AvgIpc) is 3.38. The van der Waals surface area contributed by atoms with Crippen LogP contribution < -0.4 is 4.90 Å². The van der Waals surface area contributed by atoms with Crippen molar-refractivity contribution in [2.75, 3.05) is 31.1 Å². The molecule has 1 saturated heterocycles. The van der Waals surface area contributed by atoms with Crippen LogP contribution in [0.4, 0.5) is 17.1 Å². The number of nitro benzene ring substituents is 2. The Balaban J connectivity index is 1.42. The number of hydrogen-bond donors (Lipinski definition) is 0. The number of rotatable bonds is 6. The van der Waals surface area contributed by atoms with Gasteiger partial charge in [0, 0.05) is 61.7 Å². The van der Waals surface area contributed by atoms with Crippen LogP contribution in [0.2, 0.25) is 0 Å². The van der Waals surface area contributed by atoms with E-state index in [1.165, 1.54) is 24.3 Å². The van der Waals surface area contributed by atoms with Crippen LogP contribution >= 0.6 is 0 Å². The SMILES string of the molecule is Cc1ccc(-n2nc(-c3ccc([N+](=O)[O-])cc3)cc2C(=O)N2CCN(c3ccc([N+](=O)[O-])cc3)CC2)c(C)c1. The quantitative estimate of drug-likeness (QED) is 0.257. The van der Waals surface area contributed by atoms with E-state index in [4.69, 9.17) is 5.10 Å². The van der Waals surface area contributed by atoms with Crippen LogP contribution in [0, 0.1) is 34.1 Å². The lowest BCUT2D eigenvalue weighted by Gasteiger charge is -2.36. The Bertz CT molecular complexity index is 1550. The first-order valence-electron chi connectivity index (χ1n) is 12.4. The summed E-state index contributed by atoms with van der Waals surface area (Å²) in [6.45, 7) is 6.07. The molecule has 11 heteroatoms. The monoisotopic (exact) mass is 526 g/mol. The van der Waals surface area contributed by atoms with Crippen LogP contribution in [0.25, 0.3) is 16.9 Å². The van der Waals surface area contributed by atoms with Crippen LogP contribution in [0.3, 0.4) is 0 Å². The van der Waals surface area contributed by atoms with Crippen LogP contribution in [0.15, 0.2) is 72.8 Å². The van der Waals surface area contributed by atoms with Gasteiger partial charge in [-0.2, -0.15) is 5.10 Å². The molecule has 1 fully saturated rings. The molecular weight excluding hydrogens is 500 g/mol. The molecule has 5 rings (SSSR count). The number of carbonyl (C=O) groups excluding carboxylic acids is 1. The standard InChI is InChI=1S/C28H26N6O5/c1-19-3-12-26(20(2)17-19)32-27(18-25(29-32)21-4-6-23(7-5-21)33(36)37)28(35)31-15-13-30(14-16-31)22-8-10-24(11-9-22)34(38)39/h3-12,17-18H,13-16H2,1-2H3. The van der Waals surface area contributed by atoms with Crippen molar-refractivity contribution in [3.63, 3.8) is 0 Å². The molecule has 39 heavy (non-hydrogen) atoms. The lowest BCUT2D eigenvalue weighted by molar-refractivity contribution is -0.385. The Kier molecular flexibility index (Phi) is 6.80. The fourth-order valence-corrected chi connectivity index (χ4v) is 4.77. The first kappa shape index (κ1) is 25.6. The summed E-state index contributed by atoms with van der Waals surface area (Å²) >= 11 is 0. The van der Waals surface area contributed by atoms with E-state index in [0.717, 1.165) is 22.5 Å². The van der Waals surface area contributed by atoms with E-state index < -0.39 is 9.85 Å². The Morgan fingerprint density at radius 3 is 1.95 bits per heavy atom. The average molecular weight is 527 g/mol. The van der Waals surface area contributed by atoms with Gasteiger partial charge in [-0.05, 0) is 55.8 Å². The molecule has 1 aliphatic rings. The number of carbonyl (C=O) groups is 1. The number of non-ortho nitro benzene ring substituents is 2. The van der Waals surface area contributed by atoms with Crippen molar-refractivity contribution in [3.05, 3.63) is 110 Å². The topological polar surface area (TPSA) is 128 Å². The van der Waals surface area contributed by atoms with Gasteiger partial charge in [-0.1, -0.05) is 17.7 Å². The summed E-state index contributed by atoms with van der Waals surface area (Å²) in [4.78, 5) is 38.8. The Hall–Kier alpha value is -5.06. The van der Waals surface area contributed by atoms with E-state index in [0.29, 0.717) is 43.1 Å². The van der Waals surface area contributed by atoms with E-state index in [9.17, 15) is 25.0 Å². The van der Waals surface area contributed by atoms with Gasteiger partial charge in [-0.25, -0.2) is 4.68 Å². The number of hydrogen-bond acceptors (Lipinski definition) is 7. The van der Waals surface area contributed by atoms with E-state index >= 15 is 0 Å². The first-order chi connectivity index (χ1) is 18.7. The molecule has 0 radical (unpaired) electrons. The fraction of sp³-hybridized carbons (Fsp3) is 0.214. The minimum Gasteiger partial charge on any atom is -0.368 e. The maximum absolute atomic E-state index is 13.8. The minimum absolute atomic E-state index is 0.0187. The number of nitrogens with zero attached hydrogens (tertiary/aromatic N) is 6. The molecule has 0 saturated carbocycles. The number of nitro groups is 2. The zero-order valence-corrected chi connectivity index (χ0v) is 21.5. The highest BCUT2D eigenvalue weighted by atomic mass is 16.6. The molecule has 1 amide bonds. The van der Waals surface area contributed by atoms with Gasteiger partial charge in [0.05, 0.1) is 21.2 Å². The van der Waals surface area contributed by atoms with Gasteiger partial charge in [0.2, 0.25) is 0 Å². The molecule has 2 heterocycles. The second-order valence-corrected chi connectivity index (χ2v) is 9.47. The van der Waals surface area contributed by atoms with Crippen molar-refractivity contribution in [3.8, 4) is 16.9 Å². The summed E-state index contributed by atoms with van der Waals surface area (Å²) in [5.74, 6) is -0.168. The molecule has 0 bridgehead atoms. The van der Waals surface area contributed by atoms with Crippen LogP contribution in [-0.2, 0) is 0 Å². The molecule has 3 aromatic carbocycles. The molecule has 0 unspecified atom stereocenters. The second-order valence-electron chi connectivity index (χ2n) is 9.47. The highest BCUT2D eigenvalue weighted by Crippen LogP contribution is 2.27. The molecule has 1 aromatic heterocycles. The van der Waals surface area contributed by atoms with Gasteiger partial charge in [0.25, 0.3) is 17.3 Å². The van der Waals surface area contributed by atoms with Gasteiger partial charge in [-0.3, -0.25) is 25.0 Å². The van der Waals surface area contributed by atoms with Gasteiger partial charge < -0.3 is 9.80 Å². The number of anilines is 1. The molecule has 0 N–H and O–H groups in total. The van der Waals surface area contributed by atoms with Crippen molar-refractivity contribution in [2.45, 2.75) is 13.8 Å². The Morgan fingerprint density at radius 1 is 0.795 bits per heavy atom. The predicted molar refractivity (Wildman–Crippen MR) is 146 cm³/mol. The third-order valence-electron chi connectivity index (χ3n) is 6.88. The van der Waals surface area contributed by atoms with Crippen molar-refractivity contribution < 1.29 is 14.6 Å². The number of piperazine rings is 1.